The third-order valence-electron chi connectivity index (χ3n) is 3.09. The van der Waals surface area contributed by atoms with E-state index in [-0.39, 0.29) is 35.4 Å². The van der Waals surface area contributed by atoms with E-state index >= 15 is 0 Å². The van der Waals surface area contributed by atoms with Gasteiger partial charge in [0.25, 0.3) is 5.22 Å². The minimum absolute atomic E-state index is 0.00623. The van der Waals surface area contributed by atoms with Crippen LogP contribution in [0.3, 0.4) is 0 Å². The van der Waals surface area contributed by atoms with Crippen molar-refractivity contribution in [3.63, 3.8) is 0 Å². The molecular formula is C16H19ClN4O3S. The lowest BCUT2D eigenvalue weighted by molar-refractivity contribution is -0.132. The maximum Gasteiger partial charge on any atom is 0.277 e. The van der Waals surface area contributed by atoms with Crippen LogP contribution in [0.5, 0.6) is 0 Å². The molecule has 0 aliphatic heterocycles. The largest absolute Gasteiger partial charge is 0.411 e. The summed E-state index contributed by atoms with van der Waals surface area (Å²) in [5.74, 6) is -0.0171. The summed E-state index contributed by atoms with van der Waals surface area (Å²) >= 11 is 7.20. The first-order valence-corrected chi connectivity index (χ1v) is 8.97. The smallest absolute Gasteiger partial charge is 0.277 e. The Morgan fingerprint density at radius 2 is 2.04 bits per heavy atom. The Labute approximate surface area is 155 Å². The maximum atomic E-state index is 12.1. The molecule has 0 radical (unpaired) electrons. The SMILES string of the molecule is CC(C)NC(=O)CN(C)C(=O)CSc1nnc(-c2ccccc2Cl)o1. The summed E-state index contributed by atoms with van der Waals surface area (Å²) in [6, 6.07) is 7.17. The molecule has 2 amide bonds. The molecule has 1 N–H and O–H groups in total. The van der Waals surface area contributed by atoms with Gasteiger partial charge in [-0.2, -0.15) is 0 Å². The van der Waals surface area contributed by atoms with E-state index in [2.05, 4.69) is 15.5 Å². The number of hydrogen-bond donors (Lipinski definition) is 1. The van der Waals surface area contributed by atoms with Crippen molar-refractivity contribution in [3.8, 4) is 11.5 Å². The highest BCUT2D eigenvalue weighted by atomic mass is 35.5. The van der Waals surface area contributed by atoms with Crippen LogP contribution in [0.15, 0.2) is 33.9 Å². The van der Waals surface area contributed by atoms with Crippen LogP contribution in [0.2, 0.25) is 5.02 Å². The van der Waals surface area contributed by atoms with Gasteiger partial charge in [-0.25, -0.2) is 0 Å². The number of aromatic nitrogens is 2. The topological polar surface area (TPSA) is 88.3 Å². The van der Waals surface area contributed by atoms with Crippen LogP contribution < -0.4 is 5.32 Å². The van der Waals surface area contributed by atoms with Crippen molar-refractivity contribution in [1.82, 2.24) is 20.4 Å². The van der Waals surface area contributed by atoms with Crippen molar-refractivity contribution >= 4 is 35.2 Å². The zero-order valence-electron chi connectivity index (χ0n) is 14.2. The van der Waals surface area contributed by atoms with Crippen LogP contribution in [0, 0.1) is 0 Å². The lowest BCUT2D eigenvalue weighted by Crippen LogP contribution is -2.41. The number of likely N-dealkylation sites (N-methyl/N-ethyl adjacent to an activating group) is 1. The molecule has 134 valence electrons. The van der Waals surface area contributed by atoms with E-state index < -0.39 is 0 Å². The Morgan fingerprint density at radius 3 is 2.72 bits per heavy atom. The van der Waals surface area contributed by atoms with Crippen molar-refractivity contribution in [2.75, 3.05) is 19.3 Å². The summed E-state index contributed by atoms with van der Waals surface area (Å²) < 4.78 is 5.52. The highest BCUT2D eigenvalue weighted by molar-refractivity contribution is 7.99. The molecule has 2 rings (SSSR count). The van der Waals surface area contributed by atoms with E-state index in [0.717, 1.165) is 11.8 Å². The molecule has 0 unspecified atom stereocenters. The second-order valence-corrected chi connectivity index (χ2v) is 6.95. The first-order chi connectivity index (χ1) is 11.9. The number of carbonyl (C=O) groups is 2. The molecule has 0 fully saturated rings. The molecule has 0 atom stereocenters. The van der Waals surface area contributed by atoms with Crippen LogP contribution >= 0.6 is 23.4 Å². The number of carbonyl (C=O) groups excluding carboxylic acids is 2. The first-order valence-electron chi connectivity index (χ1n) is 7.61. The third-order valence-corrected chi connectivity index (χ3v) is 4.22. The highest BCUT2D eigenvalue weighted by Crippen LogP contribution is 2.28. The second kappa shape index (κ2) is 8.87. The monoisotopic (exact) mass is 382 g/mol. The molecule has 2 aromatic rings. The zero-order valence-corrected chi connectivity index (χ0v) is 15.7. The lowest BCUT2D eigenvalue weighted by Gasteiger charge is -2.17. The molecule has 25 heavy (non-hydrogen) atoms. The van der Waals surface area contributed by atoms with Gasteiger partial charge in [-0.05, 0) is 26.0 Å². The van der Waals surface area contributed by atoms with Gasteiger partial charge in [-0.3, -0.25) is 9.59 Å². The molecule has 0 bridgehead atoms. The van der Waals surface area contributed by atoms with E-state index in [1.54, 1.807) is 19.2 Å². The van der Waals surface area contributed by atoms with E-state index in [0.29, 0.717) is 16.5 Å². The molecule has 0 spiro atoms. The summed E-state index contributed by atoms with van der Waals surface area (Å²) in [5, 5.41) is 11.4. The number of rotatable bonds is 7. The van der Waals surface area contributed by atoms with Gasteiger partial charge >= 0.3 is 0 Å². The minimum atomic E-state index is -0.207. The molecule has 1 aromatic heterocycles. The van der Waals surface area contributed by atoms with Gasteiger partial charge in [0.2, 0.25) is 17.7 Å². The predicted octanol–water partition coefficient (Wildman–Crippen LogP) is 2.47. The Balaban J connectivity index is 1.88. The standard InChI is InChI=1S/C16H19ClN4O3S/c1-10(2)18-13(22)8-21(3)14(23)9-25-16-20-19-15(24-16)11-6-4-5-7-12(11)17/h4-7,10H,8-9H2,1-3H3,(H,18,22). The summed E-state index contributed by atoms with van der Waals surface area (Å²) in [4.78, 5) is 25.1. The van der Waals surface area contributed by atoms with Crippen molar-refractivity contribution < 1.29 is 14.0 Å². The Kier molecular flexibility index (Phi) is 6.83. The van der Waals surface area contributed by atoms with Crippen LogP contribution in [0.25, 0.3) is 11.5 Å². The quantitative estimate of drug-likeness (QED) is 0.740. The third kappa shape index (κ3) is 5.75. The summed E-state index contributed by atoms with van der Waals surface area (Å²) in [6.07, 6.45) is 0. The van der Waals surface area contributed by atoms with Gasteiger partial charge < -0.3 is 14.6 Å². The molecular weight excluding hydrogens is 364 g/mol. The minimum Gasteiger partial charge on any atom is -0.411 e. The lowest BCUT2D eigenvalue weighted by atomic mass is 10.2. The zero-order chi connectivity index (χ0) is 18.4. The highest BCUT2D eigenvalue weighted by Gasteiger charge is 2.17. The number of amides is 2. The number of hydrogen-bond acceptors (Lipinski definition) is 6. The fourth-order valence-corrected chi connectivity index (χ4v) is 2.84. The number of thioether (sulfide) groups is 1. The molecule has 0 saturated carbocycles. The maximum absolute atomic E-state index is 12.1. The fraction of sp³-hybridized carbons (Fsp3) is 0.375. The van der Waals surface area contributed by atoms with E-state index in [1.165, 1.54) is 4.90 Å². The second-order valence-electron chi connectivity index (χ2n) is 5.61. The van der Waals surface area contributed by atoms with E-state index in [9.17, 15) is 9.59 Å². The normalized spacial score (nSPS) is 10.8. The summed E-state index contributed by atoms with van der Waals surface area (Å²) in [5.41, 5.74) is 0.636. The van der Waals surface area contributed by atoms with E-state index in [1.807, 2.05) is 26.0 Å². The van der Waals surface area contributed by atoms with Gasteiger partial charge in [0, 0.05) is 13.1 Å². The predicted molar refractivity (Wildman–Crippen MR) is 96.4 cm³/mol. The molecule has 1 heterocycles. The van der Waals surface area contributed by atoms with Crippen LogP contribution in [0.1, 0.15) is 13.8 Å². The van der Waals surface area contributed by atoms with Crippen LogP contribution in [-0.2, 0) is 9.59 Å². The molecule has 1 aromatic carbocycles. The average molecular weight is 383 g/mol. The van der Waals surface area contributed by atoms with Gasteiger partial charge in [0.1, 0.15) is 0 Å². The van der Waals surface area contributed by atoms with Crippen molar-refractivity contribution in [3.05, 3.63) is 29.3 Å². The Bertz CT molecular complexity index is 750. The fourth-order valence-electron chi connectivity index (χ4n) is 1.92. The molecule has 0 aliphatic rings. The summed E-state index contributed by atoms with van der Waals surface area (Å²) in [7, 11) is 1.58. The summed E-state index contributed by atoms with van der Waals surface area (Å²) in [6.45, 7) is 3.73. The molecule has 0 saturated heterocycles. The van der Waals surface area contributed by atoms with Crippen molar-refractivity contribution in [2.24, 2.45) is 0 Å². The molecule has 7 nitrogen and oxygen atoms in total. The van der Waals surface area contributed by atoms with E-state index in [4.69, 9.17) is 16.0 Å². The molecule has 9 heteroatoms. The number of nitrogens with one attached hydrogen (secondary N) is 1. The number of benzene rings is 1. The Morgan fingerprint density at radius 1 is 1.32 bits per heavy atom. The number of halogens is 1. The van der Waals surface area contributed by atoms with Crippen molar-refractivity contribution in [1.29, 1.82) is 0 Å². The van der Waals surface area contributed by atoms with Gasteiger partial charge in [-0.1, -0.05) is 35.5 Å². The van der Waals surface area contributed by atoms with Gasteiger partial charge in [-0.15, -0.1) is 10.2 Å². The average Bonchev–Trinajstić information content (AvgIpc) is 3.00. The van der Waals surface area contributed by atoms with Gasteiger partial charge in [0.05, 0.1) is 22.9 Å². The number of nitrogens with zero attached hydrogens (tertiary/aromatic N) is 3. The van der Waals surface area contributed by atoms with Crippen LogP contribution in [-0.4, -0.2) is 52.3 Å². The Hall–Kier alpha value is -2.06. The van der Waals surface area contributed by atoms with Crippen molar-refractivity contribution in [2.45, 2.75) is 25.1 Å². The van der Waals surface area contributed by atoms with Gasteiger partial charge in [0.15, 0.2) is 0 Å². The molecule has 0 aliphatic carbocycles. The first kappa shape index (κ1) is 19.3. The van der Waals surface area contributed by atoms with Crippen LogP contribution in [0.4, 0.5) is 0 Å².